The Labute approximate surface area is 81.5 Å². The van der Waals surface area contributed by atoms with Crippen LogP contribution in [0.15, 0.2) is 0 Å². The van der Waals surface area contributed by atoms with Crippen LogP contribution in [0.25, 0.3) is 0 Å². The SMILES string of the molecule is CC(C)C1CNC2(CCCC2)CN1. The molecule has 13 heavy (non-hydrogen) atoms. The van der Waals surface area contributed by atoms with E-state index in [9.17, 15) is 0 Å². The lowest BCUT2D eigenvalue weighted by Crippen LogP contribution is -2.62. The molecule has 1 saturated carbocycles. The maximum Gasteiger partial charge on any atom is 0.0307 e. The van der Waals surface area contributed by atoms with Crippen LogP contribution in [0.3, 0.4) is 0 Å². The molecule has 1 aliphatic carbocycles. The quantitative estimate of drug-likeness (QED) is 0.642. The van der Waals surface area contributed by atoms with Crippen LogP contribution in [0.4, 0.5) is 0 Å². The number of nitrogens with one attached hydrogen (secondary N) is 2. The molecule has 2 heteroatoms. The minimum Gasteiger partial charge on any atom is -0.311 e. The van der Waals surface area contributed by atoms with E-state index < -0.39 is 0 Å². The summed E-state index contributed by atoms with van der Waals surface area (Å²) >= 11 is 0. The van der Waals surface area contributed by atoms with Crippen molar-refractivity contribution in [3.63, 3.8) is 0 Å². The molecule has 2 aliphatic rings. The summed E-state index contributed by atoms with van der Waals surface area (Å²) in [5.41, 5.74) is 0.478. The Morgan fingerprint density at radius 1 is 1.23 bits per heavy atom. The number of hydrogen-bond acceptors (Lipinski definition) is 2. The molecule has 1 atom stereocenters. The molecule has 2 rings (SSSR count). The summed E-state index contributed by atoms with van der Waals surface area (Å²) in [5.74, 6) is 0.756. The molecule has 1 unspecified atom stereocenters. The van der Waals surface area contributed by atoms with E-state index in [4.69, 9.17) is 0 Å². The summed E-state index contributed by atoms with van der Waals surface area (Å²) in [6, 6.07) is 0.686. The highest BCUT2D eigenvalue weighted by Crippen LogP contribution is 2.30. The lowest BCUT2D eigenvalue weighted by molar-refractivity contribution is 0.212. The highest BCUT2D eigenvalue weighted by molar-refractivity contribution is 4.99. The molecule has 0 bridgehead atoms. The van der Waals surface area contributed by atoms with Crippen molar-refractivity contribution in [1.29, 1.82) is 0 Å². The fourth-order valence-corrected chi connectivity index (χ4v) is 2.66. The molecular formula is C11H22N2. The van der Waals surface area contributed by atoms with E-state index in [2.05, 4.69) is 24.5 Å². The first-order valence-corrected chi connectivity index (χ1v) is 5.70. The predicted octanol–water partition coefficient (Wildman–Crippen LogP) is 1.52. The van der Waals surface area contributed by atoms with Gasteiger partial charge in [0.2, 0.25) is 0 Å². The van der Waals surface area contributed by atoms with E-state index in [1.807, 2.05) is 0 Å². The highest BCUT2D eigenvalue weighted by Gasteiger charge is 2.37. The van der Waals surface area contributed by atoms with Gasteiger partial charge in [0, 0.05) is 24.7 Å². The monoisotopic (exact) mass is 182 g/mol. The van der Waals surface area contributed by atoms with Gasteiger partial charge in [-0.05, 0) is 18.8 Å². The van der Waals surface area contributed by atoms with E-state index >= 15 is 0 Å². The number of hydrogen-bond donors (Lipinski definition) is 2. The first-order valence-electron chi connectivity index (χ1n) is 5.70. The number of rotatable bonds is 1. The maximum absolute atomic E-state index is 3.76. The van der Waals surface area contributed by atoms with Crippen molar-refractivity contribution in [2.24, 2.45) is 5.92 Å². The molecule has 1 aliphatic heterocycles. The zero-order valence-corrected chi connectivity index (χ0v) is 8.90. The predicted molar refractivity (Wildman–Crippen MR) is 55.8 cm³/mol. The average molecular weight is 182 g/mol. The molecule has 1 spiro atoms. The van der Waals surface area contributed by atoms with Gasteiger partial charge in [-0.3, -0.25) is 0 Å². The van der Waals surface area contributed by atoms with E-state index in [0.717, 1.165) is 12.5 Å². The zero-order valence-electron chi connectivity index (χ0n) is 8.90. The Kier molecular flexibility index (Phi) is 2.61. The fraction of sp³-hybridized carbons (Fsp3) is 1.00. The first kappa shape index (κ1) is 9.47. The van der Waals surface area contributed by atoms with Crippen molar-refractivity contribution in [2.75, 3.05) is 13.1 Å². The molecule has 0 aromatic rings. The van der Waals surface area contributed by atoms with Crippen LogP contribution in [0.5, 0.6) is 0 Å². The highest BCUT2D eigenvalue weighted by atomic mass is 15.1. The van der Waals surface area contributed by atoms with Crippen molar-refractivity contribution in [2.45, 2.75) is 51.1 Å². The number of piperazine rings is 1. The molecular weight excluding hydrogens is 160 g/mol. The summed E-state index contributed by atoms with van der Waals surface area (Å²) in [6.07, 6.45) is 5.59. The Hall–Kier alpha value is -0.0800. The van der Waals surface area contributed by atoms with E-state index in [-0.39, 0.29) is 0 Å². The van der Waals surface area contributed by atoms with E-state index in [0.29, 0.717) is 11.6 Å². The van der Waals surface area contributed by atoms with Gasteiger partial charge in [0.1, 0.15) is 0 Å². The van der Waals surface area contributed by atoms with Gasteiger partial charge in [-0.15, -0.1) is 0 Å². The second-order valence-corrected chi connectivity index (χ2v) is 5.10. The third-order valence-corrected chi connectivity index (χ3v) is 3.77. The Balaban J connectivity index is 1.88. The van der Waals surface area contributed by atoms with Crippen LogP contribution in [0.2, 0.25) is 0 Å². The van der Waals surface area contributed by atoms with Crippen LogP contribution in [0.1, 0.15) is 39.5 Å². The van der Waals surface area contributed by atoms with Crippen molar-refractivity contribution in [3.8, 4) is 0 Å². The molecule has 2 N–H and O–H groups in total. The van der Waals surface area contributed by atoms with Gasteiger partial charge in [-0.1, -0.05) is 26.7 Å². The lowest BCUT2D eigenvalue weighted by Gasteiger charge is -2.40. The van der Waals surface area contributed by atoms with Gasteiger partial charge < -0.3 is 10.6 Å². The normalized spacial score (nSPS) is 33.0. The van der Waals surface area contributed by atoms with Crippen LogP contribution in [-0.4, -0.2) is 24.7 Å². The topological polar surface area (TPSA) is 24.1 Å². The molecule has 2 fully saturated rings. The van der Waals surface area contributed by atoms with E-state index in [1.54, 1.807) is 0 Å². The summed E-state index contributed by atoms with van der Waals surface area (Å²) in [6.45, 7) is 6.95. The van der Waals surface area contributed by atoms with Gasteiger partial charge in [0.25, 0.3) is 0 Å². The third kappa shape index (κ3) is 1.89. The average Bonchev–Trinajstić information content (AvgIpc) is 2.54. The van der Waals surface area contributed by atoms with Gasteiger partial charge >= 0.3 is 0 Å². The standard InChI is InChI=1S/C11H22N2/c1-9(2)10-7-13-11(8-12-10)5-3-4-6-11/h9-10,12-13H,3-8H2,1-2H3. The largest absolute Gasteiger partial charge is 0.311 e. The van der Waals surface area contributed by atoms with Gasteiger partial charge in [0.05, 0.1) is 0 Å². The zero-order chi connectivity index (χ0) is 9.31. The smallest absolute Gasteiger partial charge is 0.0307 e. The van der Waals surface area contributed by atoms with Gasteiger partial charge in [-0.25, -0.2) is 0 Å². The summed E-state index contributed by atoms with van der Waals surface area (Å²) in [5, 5.41) is 7.45. The Morgan fingerprint density at radius 2 is 1.92 bits per heavy atom. The summed E-state index contributed by atoms with van der Waals surface area (Å²) < 4.78 is 0. The van der Waals surface area contributed by atoms with Crippen molar-refractivity contribution >= 4 is 0 Å². The third-order valence-electron chi connectivity index (χ3n) is 3.77. The molecule has 76 valence electrons. The molecule has 0 aromatic heterocycles. The lowest BCUT2D eigenvalue weighted by atomic mass is 9.91. The van der Waals surface area contributed by atoms with Crippen molar-refractivity contribution < 1.29 is 0 Å². The van der Waals surface area contributed by atoms with E-state index in [1.165, 1.54) is 32.2 Å². The minimum atomic E-state index is 0.478. The van der Waals surface area contributed by atoms with Crippen LogP contribution >= 0.6 is 0 Å². The minimum absolute atomic E-state index is 0.478. The van der Waals surface area contributed by atoms with Crippen LogP contribution in [0, 0.1) is 5.92 Å². The Bertz CT molecular complexity index is 161. The Morgan fingerprint density at radius 3 is 2.38 bits per heavy atom. The van der Waals surface area contributed by atoms with Gasteiger partial charge in [0.15, 0.2) is 0 Å². The summed E-state index contributed by atoms with van der Waals surface area (Å²) in [4.78, 5) is 0. The maximum atomic E-state index is 3.76. The molecule has 2 nitrogen and oxygen atoms in total. The van der Waals surface area contributed by atoms with Crippen molar-refractivity contribution in [1.82, 2.24) is 10.6 Å². The van der Waals surface area contributed by atoms with Crippen molar-refractivity contribution in [3.05, 3.63) is 0 Å². The van der Waals surface area contributed by atoms with Crippen LogP contribution in [-0.2, 0) is 0 Å². The van der Waals surface area contributed by atoms with Crippen LogP contribution < -0.4 is 10.6 Å². The molecule has 0 amide bonds. The first-order chi connectivity index (χ1) is 6.22. The summed E-state index contributed by atoms with van der Waals surface area (Å²) in [7, 11) is 0. The molecule has 0 aromatic carbocycles. The fourth-order valence-electron chi connectivity index (χ4n) is 2.66. The second kappa shape index (κ2) is 3.58. The molecule has 1 heterocycles. The molecule has 0 radical (unpaired) electrons. The van der Waals surface area contributed by atoms with Gasteiger partial charge in [-0.2, -0.15) is 0 Å². The second-order valence-electron chi connectivity index (χ2n) is 5.10. The molecule has 1 saturated heterocycles.